The van der Waals surface area contributed by atoms with Gasteiger partial charge in [-0.25, -0.2) is 9.97 Å². The van der Waals surface area contributed by atoms with E-state index in [0.29, 0.717) is 11.8 Å². The van der Waals surface area contributed by atoms with Gasteiger partial charge in [-0.15, -0.1) is 11.6 Å². The fraction of sp³-hybridized carbons (Fsp3) is 0.500. The first kappa shape index (κ1) is 9.45. The van der Waals surface area contributed by atoms with E-state index in [4.69, 9.17) is 11.6 Å². The van der Waals surface area contributed by atoms with Gasteiger partial charge in [-0.05, 0) is 35.4 Å². The Hall–Kier alpha value is -0.100. The summed E-state index contributed by atoms with van der Waals surface area (Å²) < 4.78 is 1.04. The smallest absolute Gasteiger partial charge is 0.223 e. The van der Waals surface area contributed by atoms with Crippen LogP contribution < -0.4 is 5.32 Å². The largest absolute Gasteiger partial charge is 0.348 e. The number of anilines is 1. The van der Waals surface area contributed by atoms with E-state index in [-0.39, 0.29) is 5.54 Å². The van der Waals surface area contributed by atoms with Gasteiger partial charge in [0.15, 0.2) is 0 Å². The summed E-state index contributed by atoms with van der Waals surface area (Å²) in [7, 11) is 0. The molecule has 2 rings (SSSR count). The SMILES string of the molecule is ClCC1(Nc2ncc(I)cn2)CC1. The first-order chi connectivity index (χ1) is 6.24. The highest BCUT2D eigenvalue weighted by molar-refractivity contribution is 14.1. The molecule has 1 aliphatic carbocycles. The molecule has 0 aliphatic heterocycles. The maximum Gasteiger partial charge on any atom is 0.223 e. The monoisotopic (exact) mass is 309 g/mol. The van der Waals surface area contributed by atoms with Crippen LogP contribution in [0.1, 0.15) is 12.8 Å². The van der Waals surface area contributed by atoms with Gasteiger partial charge in [0.2, 0.25) is 5.95 Å². The van der Waals surface area contributed by atoms with Gasteiger partial charge in [-0.2, -0.15) is 0 Å². The zero-order valence-corrected chi connectivity index (χ0v) is 9.84. The van der Waals surface area contributed by atoms with Crippen molar-refractivity contribution >= 4 is 40.1 Å². The summed E-state index contributed by atoms with van der Waals surface area (Å²) in [4.78, 5) is 8.33. The van der Waals surface area contributed by atoms with Crippen LogP contribution in [0, 0.1) is 3.57 Å². The molecule has 0 aromatic carbocycles. The second kappa shape index (κ2) is 3.57. The number of hydrogen-bond acceptors (Lipinski definition) is 3. The number of aromatic nitrogens is 2. The summed E-state index contributed by atoms with van der Waals surface area (Å²) in [6, 6.07) is 0. The maximum atomic E-state index is 5.82. The average molecular weight is 310 g/mol. The molecule has 0 radical (unpaired) electrons. The average Bonchev–Trinajstić information content (AvgIpc) is 2.90. The molecule has 1 aromatic rings. The maximum absolute atomic E-state index is 5.82. The third-order valence-electron chi connectivity index (χ3n) is 2.11. The molecule has 0 spiro atoms. The Bertz CT molecular complexity index is 297. The lowest BCUT2D eigenvalue weighted by Crippen LogP contribution is -2.24. The van der Waals surface area contributed by atoms with E-state index in [1.54, 1.807) is 12.4 Å². The molecular formula is C8H9ClIN3. The molecule has 1 aliphatic rings. The zero-order valence-electron chi connectivity index (χ0n) is 6.93. The van der Waals surface area contributed by atoms with Crippen LogP contribution in [-0.2, 0) is 0 Å². The molecule has 1 fully saturated rings. The molecule has 0 unspecified atom stereocenters. The van der Waals surface area contributed by atoms with Crippen LogP contribution in [0.3, 0.4) is 0 Å². The Kier molecular flexibility index (Phi) is 2.60. The molecule has 1 aromatic heterocycles. The minimum absolute atomic E-state index is 0.0777. The number of hydrogen-bond donors (Lipinski definition) is 1. The molecule has 5 heteroatoms. The topological polar surface area (TPSA) is 37.8 Å². The summed E-state index contributed by atoms with van der Waals surface area (Å²) >= 11 is 8.00. The first-order valence-corrected chi connectivity index (χ1v) is 5.67. The molecule has 0 amide bonds. The fourth-order valence-electron chi connectivity index (χ4n) is 1.06. The Labute approximate surface area is 95.4 Å². The molecule has 0 bridgehead atoms. The van der Waals surface area contributed by atoms with Crippen molar-refractivity contribution in [3.63, 3.8) is 0 Å². The second-order valence-electron chi connectivity index (χ2n) is 3.26. The van der Waals surface area contributed by atoms with E-state index in [0.717, 1.165) is 16.4 Å². The molecule has 13 heavy (non-hydrogen) atoms. The van der Waals surface area contributed by atoms with Gasteiger partial charge in [0.1, 0.15) is 0 Å². The van der Waals surface area contributed by atoms with Gasteiger partial charge in [-0.3, -0.25) is 0 Å². The molecule has 3 nitrogen and oxygen atoms in total. The third-order valence-corrected chi connectivity index (χ3v) is 3.18. The van der Waals surface area contributed by atoms with Gasteiger partial charge < -0.3 is 5.32 Å². The van der Waals surface area contributed by atoms with E-state index >= 15 is 0 Å². The Morgan fingerprint density at radius 3 is 2.54 bits per heavy atom. The summed E-state index contributed by atoms with van der Waals surface area (Å²) in [5.74, 6) is 1.31. The van der Waals surface area contributed by atoms with Crippen molar-refractivity contribution in [3.8, 4) is 0 Å². The molecule has 70 valence electrons. The Morgan fingerprint density at radius 1 is 1.46 bits per heavy atom. The van der Waals surface area contributed by atoms with Crippen molar-refractivity contribution in [2.75, 3.05) is 11.2 Å². The van der Waals surface area contributed by atoms with E-state index < -0.39 is 0 Å². The van der Waals surface area contributed by atoms with Crippen LogP contribution in [0.15, 0.2) is 12.4 Å². The van der Waals surface area contributed by atoms with E-state index in [1.807, 2.05) is 0 Å². The van der Waals surface area contributed by atoms with Crippen molar-refractivity contribution in [3.05, 3.63) is 16.0 Å². The lowest BCUT2D eigenvalue weighted by molar-refractivity contribution is 0.817. The lowest BCUT2D eigenvalue weighted by Gasteiger charge is -2.12. The van der Waals surface area contributed by atoms with Crippen LogP contribution >= 0.6 is 34.2 Å². The predicted octanol–water partition coefficient (Wildman–Crippen LogP) is 2.26. The number of nitrogens with zero attached hydrogens (tertiary/aromatic N) is 2. The molecule has 0 atom stereocenters. The second-order valence-corrected chi connectivity index (χ2v) is 4.78. The fourth-order valence-corrected chi connectivity index (χ4v) is 1.67. The van der Waals surface area contributed by atoms with Crippen molar-refractivity contribution in [1.82, 2.24) is 9.97 Å². The molecular weight excluding hydrogens is 300 g/mol. The summed E-state index contributed by atoms with van der Waals surface area (Å²) in [6.45, 7) is 0. The molecule has 0 saturated heterocycles. The highest BCUT2D eigenvalue weighted by Gasteiger charge is 2.42. The van der Waals surface area contributed by atoms with Crippen LogP contribution in [0.25, 0.3) is 0 Å². The van der Waals surface area contributed by atoms with Crippen molar-refractivity contribution in [2.24, 2.45) is 0 Å². The van der Waals surface area contributed by atoms with E-state index in [1.165, 1.54) is 0 Å². The highest BCUT2D eigenvalue weighted by atomic mass is 127. The van der Waals surface area contributed by atoms with E-state index in [9.17, 15) is 0 Å². The number of alkyl halides is 1. The van der Waals surface area contributed by atoms with Crippen LogP contribution in [0.2, 0.25) is 0 Å². The third kappa shape index (κ3) is 2.22. The molecule has 1 saturated carbocycles. The summed E-state index contributed by atoms with van der Waals surface area (Å²) in [5, 5.41) is 3.25. The summed E-state index contributed by atoms with van der Waals surface area (Å²) in [6.07, 6.45) is 5.82. The zero-order chi connectivity index (χ0) is 9.31. The molecule has 1 heterocycles. The predicted molar refractivity (Wildman–Crippen MR) is 61.1 cm³/mol. The van der Waals surface area contributed by atoms with Crippen molar-refractivity contribution in [2.45, 2.75) is 18.4 Å². The van der Waals surface area contributed by atoms with Gasteiger partial charge in [0.25, 0.3) is 0 Å². The minimum atomic E-state index is 0.0777. The van der Waals surface area contributed by atoms with Gasteiger partial charge in [0, 0.05) is 21.8 Å². The standard InChI is InChI=1S/C8H9ClIN3/c9-5-8(1-2-8)13-7-11-3-6(10)4-12-7/h3-4H,1-2,5H2,(H,11,12,13). The Balaban J connectivity index is 2.06. The summed E-state index contributed by atoms with van der Waals surface area (Å²) in [5.41, 5.74) is 0.0777. The van der Waals surface area contributed by atoms with Crippen LogP contribution in [-0.4, -0.2) is 21.4 Å². The Morgan fingerprint density at radius 2 is 2.08 bits per heavy atom. The lowest BCUT2D eigenvalue weighted by atomic mass is 10.3. The van der Waals surface area contributed by atoms with Crippen molar-refractivity contribution < 1.29 is 0 Å². The first-order valence-electron chi connectivity index (χ1n) is 4.06. The van der Waals surface area contributed by atoms with Crippen LogP contribution in [0.5, 0.6) is 0 Å². The number of nitrogens with one attached hydrogen (secondary N) is 1. The quantitative estimate of drug-likeness (QED) is 0.687. The number of halogens is 2. The van der Waals surface area contributed by atoms with Crippen molar-refractivity contribution in [1.29, 1.82) is 0 Å². The minimum Gasteiger partial charge on any atom is -0.348 e. The number of rotatable bonds is 3. The van der Waals surface area contributed by atoms with Crippen LogP contribution in [0.4, 0.5) is 5.95 Å². The van der Waals surface area contributed by atoms with Gasteiger partial charge in [-0.1, -0.05) is 0 Å². The van der Waals surface area contributed by atoms with Gasteiger partial charge >= 0.3 is 0 Å². The normalized spacial score (nSPS) is 18.3. The molecule has 1 N–H and O–H groups in total. The van der Waals surface area contributed by atoms with E-state index in [2.05, 4.69) is 37.9 Å². The van der Waals surface area contributed by atoms with Gasteiger partial charge in [0.05, 0.1) is 5.54 Å². The highest BCUT2D eigenvalue weighted by Crippen LogP contribution is 2.38.